The molecule has 0 aliphatic carbocycles. The molecule has 6 nitrogen and oxygen atoms in total. The maximum atomic E-state index is 6.25. The molecule has 0 unspecified atom stereocenters. The van der Waals surface area contributed by atoms with Gasteiger partial charge in [0.15, 0.2) is 11.6 Å². The van der Waals surface area contributed by atoms with Crippen molar-refractivity contribution in [1.82, 2.24) is 9.13 Å². The van der Waals surface area contributed by atoms with E-state index in [0.717, 1.165) is 45.3 Å². The van der Waals surface area contributed by atoms with Crippen molar-refractivity contribution in [2.75, 3.05) is 11.9 Å². The van der Waals surface area contributed by atoms with Crippen molar-refractivity contribution >= 4 is 66.5 Å². The van der Waals surface area contributed by atoms with Crippen molar-refractivity contribution in [2.24, 2.45) is 21.1 Å². The van der Waals surface area contributed by atoms with Crippen LogP contribution in [0.3, 0.4) is 0 Å². The zero-order valence-electron chi connectivity index (χ0n) is 23.4. The van der Waals surface area contributed by atoms with E-state index in [1.165, 1.54) is 32.6 Å². The van der Waals surface area contributed by atoms with E-state index in [1.54, 1.807) is 0 Å². The van der Waals surface area contributed by atoms with Gasteiger partial charge in [-0.05, 0) is 24.3 Å². The molecule has 7 aromatic rings. The third-order valence-corrected chi connectivity index (χ3v) is 8.50. The Morgan fingerprint density at radius 1 is 0.683 bits per heavy atom. The number of fused-ring (bicyclic) bond motifs is 8. The van der Waals surface area contributed by atoms with E-state index in [4.69, 9.17) is 9.15 Å². The molecule has 0 amide bonds. The van der Waals surface area contributed by atoms with Crippen molar-refractivity contribution in [2.45, 2.75) is 0 Å². The van der Waals surface area contributed by atoms with Crippen LogP contribution in [0.5, 0.6) is 5.75 Å². The van der Waals surface area contributed by atoms with E-state index in [9.17, 15) is 0 Å². The third kappa shape index (κ3) is 3.40. The predicted molar refractivity (Wildman–Crippen MR) is 167 cm³/mol. The smallest absolute Gasteiger partial charge is 0.373 e. The van der Waals surface area contributed by atoms with Crippen LogP contribution in [0.25, 0.3) is 60.8 Å². The molecule has 0 atom stereocenters. The van der Waals surface area contributed by atoms with Crippen LogP contribution in [0.4, 0.5) is 5.69 Å². The molecule has 0 bridgehead atoms. The number of ether oxygens (including phenoxy) is 1. The molecule has 3 aromatic heterocycles. The average Bonchev–Trinajstić information content (AvgIpc) is 3.66. The number of rotatable bonds is 3. The van der Waals surface area contributed by atoms with E-state index >= 15 is 0 Å². The fourth-order valence-corrected chi connectivity index (χ4v) is 6.27. The number of oxazole rings is 1. The molecule has 8 rings (SSSR count). The molecular formula is C35H29N4O2+. The minimum absolute atomic E-state index is 0.789. The van der Waals surface area contributed by atoms with Crippen molar-refractivity contribution in [3.05, 3.63) is 109 Å². The standard InChI is InChI=1S/C35H29N4O2/c1-36-26-14-10-8-12-22(26)24-18-30-32(20-28(24)36)40-34(38(30)3)16-6-5-7-17-35-39(4)31-19-25-23-13-9-11-15-27(23)37(2)29(25)21-33(31)41-35/h5-21H,1-4H3/q+1. The fourth-order valence-electron chi connectivity index (χ4n) is 6.27. The van der Waals surface area contributed by atoms with Crippen LogP contribution in [0.2, 0.25) is 0 Å². The molecule has 0 saturated carbocycles. The maximum Gasteiger partial charge on any atom is 0.373 e. The van der Waals surface area contributed by atoms with Crippen molar-refractivity contribution in [1.29, 1.82) is 0 Å². The van der Waals surface area contributed by atoms with Crippen LogP contribution in [0, 0.1) is 0 Å². The van der Waals surface area contributed by atoms with E-state index < -0.39 is 0 Å². The summed E-state index contributed by atoms with van der Waals surface area (Å²) < 4.78 is 19.0. The lowest BCUT2D eigenvalue weighted by Crippen LogP contribution is -2.29. The van der Waals surface area contributed by atoms with Gasteiger partial charge < -0.3 is 23.2 Å². The highest BCUT2D eigenvalue weighted by atomic mass is 16.5. The second-order valence-corrected chi connectivity index (χ2v) is 10.7. The van der Waals surface area contributed by atoms with Crippen molar-refractivity contribution in [3.63, 3.8) is 0 Å². The van der Waals surface area contributed by atoms with Crippen LogP contribution >= 0.6 is 0 Å². The summed E-state index contributed by atoms with van der Waals surface area (Å²) in [6.45, 7) is 0. The molecule has 1 aliphatic rings. The Labute approximate surface area is 236 Å². The van der Waals surface area contributed by atoms with Gasteiger partial charge in [-0.3, -0.25) is 0 Å². The first-order chi connectivity index (χ1) is 20.0. The van der Waals surface area contributed by atoms with Gasteiger partial charge >= 0.3 is 5.89 Å². The van der Waals surface area contributed by atoms with Gasteiger partial charge in [0.05, 0.1) is 22.8 Å². The minimum Gasteiger partial charge on any atom is -0.439 e. The molecule has 1 aliphatic heterocycles. The molecule has 6 heteroatoms. The van der Waals surface area contributed by atoms with Gasteiger partial charge in [0, 0.05) is 71.9 Å². The van der Waals surface area contributed by atoms with Crippen molar-refractivity contribution in [3.8, 4) is 5.75 Å². The second kappa shape index (κ2) is 8.63. The lowest BCUT2D eigenvalue weighted by molar-refractivity contribution is -0.651. The number of aryl methyl sites for hydroxylation is 3. The zero-order chi connectivity index (χ0) is 27.8. The highest BCUT2D eigenvalue weighted by molar-refractivity contribution is 6.11. The number of hydrogen-bond donors (Lipinski definition) is 0. The molecule has 4 aromatic carbocycles. The van der Waals surface area contributed by atoms with Crippen LogP contribution in [0.15, 0.2) is 107 Å². The Morgan fingerprint density at radius 2 is 1.34 bits per heavy atom. The Kier molecular flexibility index (Phi) is 4.98. The molecular weight excluding hydrogens is 508 g/mol. The molecule has 0 saturated heterocycles. The number of anilines is 1. The van der Waals surface area contributed by atoms with E-state index in [2.05, 4.69) is 105 Å². The number of nitrogens with zero attached hydrogens (tertiary/aromatic N) is 4. The summed E-state index contributed by atoms with van der Waals surface area (Å²) in [6.07, 6.45) is 9.96. The summed E-state index contributed by atoms with van der Waals surface area (Å²) in [7, 11) is 8.29. The fraction of sp³-hybridized carbons (Fsp3) is 0.114. The van der Waals surface area contributed by atoms with Gasteiger partial charge in [0.2, 0.25) is 5.58 Å². The zero-order valence-corrected chi connectivity index (χ0v) is 23.4. The molecule has 0 fully saturated rings. The molecule has 0 spiro atoms. The first kappa shape index (κ1) is 23.6. The van der Waals surface area contributed by atoms with Gasteiger partial charge in [-0.2, -0.15) is 4.57 Å². The Morgan fingerprint density at radius 3 is 2.07 bits per heavy atom. The topological polar surface area (TPSA) is 39.4 Å². The van der Waals surface area contributed by atoms with Gasteiger partial charge in [0.25, 0.3) is 5.52 Å². The second-order valence-electron chi connectivity index (χ2n) is 10.7. The number of benzene rings is 4. The summed E-state index contributed by atoms with van der Waals surface area (Å²) in [4.78, 5) is 2.10. The largest absolute Gasteiger partial charge is 0.439 e. The molecule has 4 heterocycles. The molecule has 0 N–H and O–H groups in total. The number of para-hydroxylation sites is 2. The number of hydrogen-bond acceptors (Lipinski definition) is 3. The lowest BCUT2D eigenvalue weighted by Gasteiger charge is -2.10. The molecule has 0 radical (unpaired) electrons. The summed E-state index contributed by atoms with van der Waals surface area (Å²) >= 11 is 0. The van der Waals surface area contributed by atoms with Crippen molar-refractivity contribution < 1.29 is 13.7 Å². The van der Waals surface area contributed by atoms with E-state index in [1.807, 2.05) is 44.5 Å². The van der Waals surface area contributed by atoms with Gasteiger partial charge in [-0.1, -0.05) is 54.6 Å². The first-order valence-corrected chi connectivity index (χ1v) is 13.8. The third-order valence-electron chi connectivity index (χ3n) is 8.50. The Bertz CT molecular complexity index is 2290. The first-order valence-electron chi connectivity index (χ1n) is 13.8. The van der Waals surface area contributed by atoms with Crippen LogP contribution in [-0.2, 0) is 21.1 Å². The molecule has 41 heavy (non-hydrogen) atoms. The lowest BCUT2D eigenvalue weighted by atomic mass is 10.1. The summed E-state index contributed by atoms with van der Waals surface area (Å²) in [5.74, 6) is 2.45. The van der Waals surface area contributed by atoms with Crippen LogP contribution in [-0.4, -0.2) is 16.2 Å². The number of aromatic nitrogens is 3. The Hall–Kier alpha value is -5.23. The Balaban J connectivity index is 1.06. The SMILES string of the molecule is CN1/C(=C/C=C/C=C/c2oc3cc4c(cc3[n+]2C)c2ccccc2n4C)Oc2cc3c(cc21)c1ccccc1n3C. The van der Waals surface area contributed by atoms with E-state index in [-0.39, 0.29) is 0 Å². The quantitative estimate of drug-likeness (QED) is 0.173. The van der Waals surface area contributed by atoms with Gasteiger partial charge in [0.1, 0.15) is 7.05 Å². The summed E-state index contributed by atoms with van der Waals surface area (Å²) in [5.41, 5.74) is 7.78. The van der Waals surface area contributed by atoms with Gasteiger partial charge in [-0.25, -0.2) is 0 Å². The highest BCUT2D eigenvalue weighted by Gasteiger charge is 2.25. The van der Waals surface area contributed by atoms with Crippen LogP contribution in [0.1, 0.15) is 5.89 Å². The summed E-state index contributed by atoms with van der Waals surface area (Å²) in [6, 6.07) is 25.7. The average molecular weight is 538 g/mol. The minimum atomic E-state index is 0.789. The monoisotopic (exact) mass is 537 g/mol. The normalized spacial score (nSPS) is 14.8. The van der Waals surface area contributed by atoms with Crippen LogP contribution < -0.4 is 14.2 Å². The summed E-state index contributed by atoms with van der Waals surface area (Å²) in [5, 5.41) is 4.97. The molecule has 200 valence electrons. The highest BCUT2D eigenvalue weighted by Crippen LogP contribution is 2.43. The van der Waals surface area contributed by atoms with Gasteiger partial charge in [-0.15, -0.1) is 0 Å². The maximum absolute atomic E-state index is 6.25. The number of allylic oxidation sites excluding steroid dienone is 4. The predicted octanol–water partition coefficient (Wildman–Crippen LogP) is 7.49. The van der Waals surface area contributed by atoms with E-state index in [0.29, 0.717) is 0 Å².